The summed E-state index contributed by atoms with van der Waals surface area (Å²) in [5.41, 5.74) is 16.2. The zero-order valence-electron chi connectivity index (χ0n) is 32.6. The minimum Gasteiger partial charge on any atom is -0.456 e. The Hall–Kier alpha value is -7.43. The molecule has 0 fully saturated rings. The van der Waals surface area contributed by atoms with Crippen LogP contribution in [0.3, 0.4) is 0 Å². The SMILES string of the molecule is CC1(C)c2ccccc2C2(c3ccc(-c4ccc5c(c4)oc4ccccc45)cc3-c3c(-c4nc(-c5ccccc5)nc(-c5ccccc5)n4)cccc32)c2ccccc21. The Labute approximate surface area is 342 Å². The number of hydrogen-bond donors (Lipinski definition) is 0. The fraction of sp³-hybridized carbons (Fsp3) is 0.0727. The zero-order valence-corrected chi connectivity index (χ0v) is 32.6. The monoisotopic (exact) mass is 755 g/mol. The highest BCUT2D eigenvalue weighted by Crippen LogP contribution is 2.63. The average molecular weight is 756 g/mol. The molecule has 0 atom stereocenters. The maximum absolute atomic E-state index is 6.40. The molecule has 0 saturated carbocycles. The van der Waals surface area contributed by atoms with Gasteiger partial charge in [-0.25, -0.2) is 15.0 Å². The van der Waals surface area contributed by atoms with Gasteiger partial charge in [-0.3, -0.25) is 0 Å². The van der Waals surface area contributed by atoms with Crippen LogP contribution in [0.4, 0.5) is 0 Å². The average Bonchev–Trinajstić information content (AvgIpc) is 3.82. The van der Waals surface area contributed by atoms with Crippen LogP contribution >= 0.6 is 0 Å². The van der Waals surface area contributed by atoms with E-state index in [4.69, 9.17) is 19.4 Å². The third-order valence-corrected chi connectivity index (χ3v) is 12.8. The molecule has 4 nitrogen and oxygen atoms in total. The predicted molar refractivity (Wildman–Crippen MR) is 238 cm³/mol. The topological polar surface area (TPSA) is 51.8 Å². The maximum atomic E-state index is 6.40. The summed E-state index contributed by atoms with van der Waals surface area (Å²) in [7, 11) is 0. The van der Waals surface area contributed by atoms with Crippen LogP contribution in [-0.2, 0) is 10.8 Å². The number of nitrogens with zero attached hydrogens (tertiary/aromatic N) is 3. The summed E-state index contributed by atoms with van der Waals surface area (Å²) < 4.78 is 6.40. The van der Waals surface area contributed by atoms with Gasteiger partial charge in [0.05, 0.1) is 5.41 Å². The molecule has 0 unspecified atom stereocenters. The summed E-state index contributed by atoms with van der Waals surface area (Å²) in [5, 5.41) is 2.25. The van der Waals surface area contributed by atoms with Crippen molar-refractivity contribution in [3.05, 3.63) is 221 Å². The number of benzene rings is 8. The van der Waals surface area contributed by atoms with Crippen molar-refractivity contribution in [2.45, 2.75) is 24.7 Å². The molecule has 278 valence electrons. The molecular weight excluding hydrogens is 719 g/mol. The molecule has 1 spiro atoms. The second kappa shape index (κ2) is 12.5. The van der Waals surface area contributed by atoms with Crippen molar-refractivity contribution in [3.8, 4) is 56.4 Å². The highest BCUT2D eigenvalue weighted by molar-refractivity contribution is 6.06. The Bertz CT molecular complexity index is 3200. The maximum Gasteiger partial charge on any atom is 0.164 e. The smallest absolute Gasteiger partial charge is 0.164 e. The molecule has 0 saturated heterocycles. The fourth-order valence-electron chi connectivity index (χ4n) is 10.2. The molecule has 0 radical (unpaired) electrons. The van der Waals surface area contributed by atoms with Gasteiger partial charge >= 0.3 is 0 Å². The van der Waals surface area contributed by atoms with Crippen molar-refractivity contribution in [2.75, 3.05) is 0 Å². The lowest BCUT2D eigenvalue weighted by molar-refractivity contribution is 0.563. The molecule has 10 aromatic rings. The Morgan fingerprint density at radius 3 is 1.56 bits per heavy atom. The second-order valence-electron chi connectivity index (χ2n) is 16.3. The quantitative estimate of drug-likeness (QED) is 0.179. The van der Waals surface area contributed by atoms with Gasteiger partial charge in [0, 0.05) is 32.9 Å². The zero-order chi connectivity index (χ0) is 39.3. The minimum atomic E-state index is -0.581. The lowest BCUT2D eigenvalue weighted by atomic mass is 9.55. The van der Waals surface area contributed by atoms with Crippen molar-refractivity contribution < 1.29 is 4.42 Å². The van der Waals surface area contributed by atoms with Gasteiger partial charge in [-0.15, -0.1) is 0 Å². The summed E-state index contributed by atoms with van der Waals surface area (Å²) in [4.78, 5) is 15.7. The van der Waals surface area contributed by atoms with E-state index in [1.165, 1.54) is 38.9 Å². The third-order valence-electron chi connectivity index (χ3n) is 12.8. The van der Waals surface area contributed by atoms with E-state index in [1.807, 2.05) is 48.5 Å². The summed E-state index contributed by atoms with van der Waals surface area (Å²) in [6.45, 7) is 4.73. The van der Waals surface area contributed by atoms with Crippen LogP contribution in [0, 0.1) is 0 Å². The molecule has 8 aromatic carbocycles. The highest BCUT2D eigenvalue weighted by atomic mass is 16.3. The predicted octanol–water partition coefficient (Wildman–Crippen LogP) is 13.4. The van der Waals surface area contributed by atoms with Gasteiger partial charge < -0.3 is 4.42 Å². The van der Waals surface area contributed by atoms with Gasteiger partial charge in [0.25, 0.3) is 0 Å². The van der Waals surface area contributed by atoms with Crippen molar-refractivity contribution in [2.24, 2.45) is 0 Å². The van der Waals surface area contributed by atoms with Crippen molar-refractivity contribution in [1.29, 1.82) is 0 Å². The molecule has 4 heteroatoms. The lowest BCUT2D eigenvalue weighted by Crippen LogP contribution is -2.40. The largest absolute Gasteiger partial charge is 0.456 e. The molecule has 0 aliphatic heterocycles. The van der Waals surface area contributed by atoms with Gasteiger partial charge in [-0.2, -0.15) is 0 Å². The Morgan fingerprint density at radius 1 is 0.356 bits per heavy atom. The minimum absolute atomic E-state index is 0.204. The molecule has 0 N–H and O–H groups in total. The summed E-state index contributed by atoms with van der Waals surface area (Å²) in [6, 6.07) is 67.2. The van der Waals surface area contributed by atoms with Gasteiger partial charge in [0.1, 0.15) is 11.2 Å². The van der Waals surface area contributed by atoms with E-state index in [-0.39, 0.29) is 5.41 Å². The van der Waals surface area contributed by atoms with E-state index in [0.29, 0.717) is 17.5 Å². The molecule has 2 aliphatic rings. The Morgan fingerprint density at radius 2 is 0.881 bits per heavy atom. The number of rotatable bonds is 4. The number of hydrogen-bond acceptors (Lipinski definition) is 4. The third kappa shape index (κ3) is 4.80. The van der Waals surface area contributed by atoms with Crippen LogP contribution in [0.2, 0.25) is 0 Å². The van der Waals surface area contributed by atoms with Gasteiger partial charge in [-0.1, -0.05) is 178 Å². The molecule has 2 heterocycles. The second-order valence-corrected chi connectivity index (χ2v) is 16.3. The molecule has 12 rings (SSSR count). The normalized spacial score (nSPS) is 14.2. The summed E-state index contributed by atoms with van der Waals surface area (Å²) in [6.07, 6.45) is 0. The van der Waals surface area contributed by atoms with Gasteiger partial charge in [0.15, 0.2) is 17.5 Å². The molecule has 2 aromatic heterocycles. The molecule has 0 amide bonds. The lowest BCUT2D eigenvalue weighted by Gasteiger charge is -2.46. The van der Waals surface area contributed by atoms with E-state index < -0.39 is 5.41 Å². The van der Waals surface area contributed by atoms with Crippen LogP contribution in [0.5, 0.6) is 0 Å². The number of aromatic nitrogens is 3. The number of para-hydroxylation sites is 1. The summed E-state index contributed by atoms with van der Waals surface area (Å²) >= 11 is 0. The standard InChI is InChI=1S/C55H37N3O/c1-54(2)43-22-10-12-24-45(43)55(46-25-13-11-23-44(46)54)42-31-29-36(37-28-30-39-38-20-9-14-27-48(38)59-49(39)33-37)32-41(42)50-40(21-15-26-47(50)55)53-57-51(34-16-5-3-6-17-34)56-52(58-53)35-18-7-4-8-19-35/h3-33H,1-2H3. The van der Waals surface area contributed by atoms with E-state index in [0.717, 1.165) is 55.3 Å². The van der Waals surface area contributed by atoms with E-state index >= 15 is 0 Å². The summed E-state index contributed by atoms with van der Waals surface area (Å²) in [5.74, 6) is 1.93. The van der Waals surface area contributed by atoms with Crippen LogP contribution in [-0.4, -0.2) is 15.0 Å². The van der Waals surface area contributed by atoms with Crippen molar-refractivity contribution in [1.82, 2.24) is 15.0 Å². The molecular formula is C55H37N3O. The number of furan rings is 1. The first-order chi connectivity index (χ1) is 29.0. The van der Waals surface area contributed by atoms with Crippen LogP contribution < -0.4 is 0 Å². The molecule has 59 heavy (non-hydrogen) atoms. The molecule has 2 aliphatic carbocycles. The van der Waals surface area contributed by atoms with E-state index in [9.17, 15) is 0 Å². The Balaban J connectivity index is 1.17. The van der Waals surface area contributed by atoms with Crippen LogP contribution in [0.15, 0.2) is 192 Å². The van der Waals surface area contributed by atoms with E-state index in [2.05, 4.69) is 153 Å². The van der Waals surface area contributed by atoms with Gasteiger partial charge in [-0.05, 0) is 79.9 Å². The van der Waals surface area contributed by atoms with Crippen LogP contribution in [0.1, 0.15) is 47.2 Å². The molecule has 0 bridgehead atoms. The first-order valence-electron chi connectivity index (χ1n) is 20.3. The van der Waals surface area contributed by atoms with Crippen LogP contribution in [0.25, 0.3) is 78.4 Å². The highest BCUT2D eigenvalue weighted by Gasteiger charge is 2.53. The first kappa shape index (κ1) is 33.7. The fourth-order valence-corrected chi connectivity index (χ4v) is 10.2. The van der Waals surface area contributed by atoms with Crippen molar-refractivity contribution >= 4 is 21.9 Å². The number of fused-ring (bicyclic) bond motifs is 12. The van der Waals surface area contributed by atoms with Crippen molar-refractivity contribution in [3.63, 3.8) is 0 Å². The van der Waals surface area contributed by atoms with Gasteiger partial charge in [0.2, 0.25) is 0 Å². The van der Waals surface area contributed by atoms with E-state index in [1.54, 1.807) is 0 Å². The first-order valence-corrected chi connectivity index (χ1v) is 20.3. The Kier molecular flexibility index (Phi) is 7.16.